The number of hydrogen-bond acceptors (Lipinski definition) is 1. The summed E-state index contributed by atoms with van der Waals surface area (Å²) in [5.74, 6) is -0.00463. The zero-order valence-corrected chi connectivity index (χ0v) is 8.29. The number of benzene rings is 1. The molecular weight excluding hydrogens is 162 g/mol. The Bertz CT molecular complexity index is 287. The summed E-state index contributed by atoms with van der Waals surface area (Å²) >= 11 is 0. The van der Waals surface area contributed by atoms with Crippen molar-refractivity contribution in [3.8, 4) is 0 Å². The number of hydrogen-bond donors (Lipinski definition) is 1. The molecule has 0 fully saturated rings. The molecule has 0 heterocycles. The average Bonchev–Trinajstić information content (AvgIpc) is 2.04. The second-order valence-electron chi connectivity index (χ2n) is 3.49. The van der Waals surface area contributed by atoms with Crippen LogP contribution in [0.15, 0.2) is 24.3 Å². The maximum absolute atomic E-state index is 11.5. The molecule has 1 amide bonds. The minimum absolute atomic E-state index is 0.00463. The second-order valence-corrected chi connectivity index (χ2v) is 3.49. The van der Waals surface area contributed by atoms with Gasteiger partial charge in [0, 0.05) is 11.6 Å². The van der Waals surface area contributed by atoms with Gasteiger partial charge in [-0.05, 0) is 32.9 Å². The highest BCUT2D eigenvalue weighted by atomic mass is 16.1. The first-order valence-corrected chi connectivity index (χ1v) is 4.47. The molecule has 0 aliphatic heterocycles. The predicted octanol–water partition coefficient (Wildman–Crippen LogP) is 2.13. The molecule has 70 valence electrons. The van der Waals surface area contributed by atoms with Crippen molar-refractivity contribution < 1.29 is 4.79 Å². The van der Waals surface area contributed by atoms with Gasteiger partial charge in [0.15, 0.2) is 0 Å². The molecule has 0 radical (unpaired) electrons. The number of nitrogens with one attached hydrogen (secondary N) is 1. The van der Waals surface area contributed by atoms with Gasteiger partial charge in [-0.25, -0.2) is 0 Å². The van der Waals surface area contributed by atoms with Gasteiger partial charge >= 0.3 is 0 Å². The molecule has 13 heavy (non-hydrogen) atoms. The monoisotopic (exact) mass is 177 g/mol. The van der Waals surface area contributed by atoms with E-state index >= 15 is 0 Å². The van der Waals surface area contributed by atoms with Crippen LogP contribution in [0.4, 0.5) is 0 Å². The van der Waals surface area contributed by atoms with Gasteiger partial charge < -0.3 is 5.32 Å². The SMILES string of the molecule is Cc1ccc(C(=O)NC(C)C)cc1. The fourth-order valence-electron chi connectivity index (χ4n) is 1.05. The quantitative estimate of drug-likeness (QED) is 0.736. The first-order valence-electron chi connectivity index (χ1n) is 4.47. The first kappa shape index (κ1) is 9.78. The predicted molar refractivity (Wildman–Crippen MR) is 53.8 cm³/mol. The molecule has 0 aliphatic rings. The summed E-state index contributed by atoms with van der Waals surface area (Å²) in [6.45, 7) is 5.91. The zero-order chi connectivity index (χ0) is 9.84. The van der Waals surface area contributed by atoms with E-state index in [1.54, 1.807) is 0 Å². The number of rotatable bonds is 2. The van der Waals surface area contributed by atoms with E-state index in [4.69, 9.17) is 0 Å². The van der Waals surface area contributed by atoms with Gasteiger partial charge in [0.05, 0.1) is 0 Å². The molecule has 0 aromatic heterocycles. The molecule has 2 nitrogen and oxygen atoms in total. The van der Waals surface area contributed by atoms with Gasteiger partial charge in [-0.15, -0.1) is 0 Å². The van der Waals surface area contributed by atoms with E-state index in [9.17, 15) is 4.79 Å². The van der Waals surface area contributed by atoms with Crippen molar-refractivity contribution >= 4 is 5.91 Å². The topological polar surface area (TPSA) is 29.1 Å². The molecule has 0 bridgehead atoms. The molecule has 0 aliphatic carbocycles. The summed E-state index contributed by atoms with van der Waals surface area (Å²) in [4.78, 5) is 11.5. The van der Waals surface area contributed by atoms with Crippen molar-refractivity contribution in [3.63, 3.8) is 0 Å². The Morgan fingerprint density at radius 2 is 1.77 bits per heavy atom. The lowest BCUT2D eigenvalue weighted by molar-refractivity contribution is 0.0943. The van der Waals surface area contributed by atoms with Crippen molar-refractivity contribution in [2.75, 3.05) is 0 Å². The van der Waals surface area contributed by atoms with Crippen LogP contribution >= 0.6 is 0 Å². The lowest BCUT2D eigenvalue weighted by Crippen LogP contribution is -2.29. The Balaban J connectivity index is 2.72. The molecular formula is C11H15NO. The van der Waals surface area contributed by atoms with Crippen molar-refractivity contribution in [1.82, 2.24) is 5.32 Å². The smallest absolute Gasteiger partial charge is 0.251 e. The van der Waals surface area contributed by atoms with Gasteiger partial charge in [-0.3, -0.25) is 4.79 Å². The Morgan fingerprint density at radius 3 is 2.23 bits per heavy atom. The summed E-state index contributed by atoms with van der Waals surface area (Å²) < 4.78 is 0. The highest BCUT2D eigenvalue weighted by Gasteiger charge is 2.04. The van der Waals surface area contributed by atoms with E-state index in [0.29, 0.717) is 0 Å². The standard InChI is InChI=1S/C11H15NO/c1-8(2)12-11(13)10-6-4-9(3)5-7-10/h4-8H,1-3H3,(H,12,13). The number of amides is 1. The number of carbonyl (C=O) groups excluding carboxylic acids is 1. The van der Waals surface area contributed by atoms with Gasteiger partial charge in [0.25, 0.3) is 5.91 Å². The normalized spacial score (nSPS) is 10.2. The van der Waals surface area contributed by atoms with Gasteiger partial charge in [0.2, 0.25) is 0 Å². The highest BCUT2D eigenvalue weighted by molar-refractivity contribution is 5.94. The molecule has 0 unspecified atom stereocenters. The van der Waals surface area contributed by atoms with Crippen LogP contribution in [0.2, 0.25) is 0 Å². The Labute approximate surface area is 79.0 Å². The van der Waals surface area contributed by atoms with E-state index < -0.39 is 0 Å². The largest absolute Gasteiger partial charge is 0.350 e. The third-order valence-electron chi connectivity index (χ3n) is 1.73. The molecule has 0 atom stereocenters. The molecule has 0 saturated carbocycles. The lowest BCUT2D eigenvalue weighted by Gasteiger charge is -2.07. The molecule has 2 heteroatoms. The zero-order valence-electron chi connectivity index (χ0n) is 8.29. The van der Waals surface area contributed by atoms with Crippen LogP contribution in [0.5, 0.6) is 0 Å². The Morgan fingerprint density at radius 1 is 1.23 bits per heavy atom. The van der Waals surface area contributed by atoms with Crippen LogP contribution < -0.4 is 5.32 Å². The van der Waals surface area contributed by atoms with Crippen LogP contribution in [-0.4, -0.2) is 11.9 Å². The Kier molecular flexibility index (Phi) is 3.07. The molecule has 1 aromatic rings. The van der Waals surface area contributed by atoms with Crippen molar-refractivity contribution in [1.29, 1.82) is 0 Å². The third kappa shape index (κ3) is 2.90. The first-order chi connectivity index (χ1) is 6.09. The van der Waals surface area contributed by atoms with Gasteiger partial charge in [-0.2, -0.15) is 0 Å². The van der Waals surface area contributed by atoms with E-state index in [1.807, 2.05) is 45.0 Å². The summed E-state index contributed by atoms with van der Waals surface area (Å²) in [5.41, 5.74) is 1.89. The maximum atomic E-state index is 11.5. The fraction of sp³-hybridized carbons (Fsp3) is 0.364. The van der Waals surface area contributed by atoms with Gasteiger partial charge in [0.1, 0.15) is 0 Å². The van der Waals surface area contributed by atoms with E-state index in [2.05, 4.69) is 5.32 Å². The summed E-state index contributed by atoms with van der Waals surface area (Å²) in [5, 5.41) is 2.84. The second kappa shape index (κ2) is 4.08. The number of carbonyl (C=O) groups is 1. The Hall–Kier alpha value is -1.31. The van der Waals surface area contributed by atoms with E-state index in [-0.39, 0.29) is 11.9 Å². The highest BCUT2D eigenvalue weighted by Crippen LogP contribution is 2.02. The fourth-order valence-corrected chi connectivity index (χ4v) is 1.05. The summed E-state index contributed by atoms with van der Waals surface area (Å²) in [6, 6.07) is 7.75. The molecule has 1 N–H and O–H groups in total. The maximum Gasteiger partial charge on any atom is 0.251 e. The van der Waals surface area contributed by atoms with Crippen LogP contribution in [0.1, 0.15) is 29.8 Å². The van der Waals surface area contributed by atoms with Crippen LogP contribution in [-0.2, 0) is 0 Å². The van der Waals surface area contributed by atoms with Crippen molar-refractivity contribution in [2.45, 2.75) is 26.8 Å². The van der Waals surface area contributed by atoms with Crippen molar-refractivity contribution in [3.05, 3.63) is 35.4 Å². The van der Waals surface area contributed by atoms with E-state index in [0.717, 1.165) is 5.56 Å². The van der Waals surface area contributed by atoms with Crippen LogP contribution in [0.3, 0.4) is 0 Å². The minimum Gasteiger partial charge on any atom is -0.350 e. The average molecular weight is 177 g/mol. The van der Waals surface area contributed by atoms with Crippen LogP contribution in [0.25, 0.3) is 0 Å². The minimum atomic E-state index is -0.00463. The summed E-state index contributed by atoms with van der Waals surface area (Å²) in [6.07, 6.45) is 0. The molecule has 0 saturated heterocycles. The molecule has 1 rings (SSSR count). The lowest BCUT2D eigenvalue weighted by atomic mass is 10.1. The van der Waals surface area contributed by atoms with Crippen LogP contribution in [0, 0.1) is 6.92 Å². The van der Waals surface area contributed by atoms with Gasteiger partial charge in [-0.1, -0.05) is 17.7 Å². The third-order valence-corrected chi connectivity index (χ3v) is 1.73. The molecule has 0 spiro atoms. The molecule has 1 aromatic carbocycles. The summed E-state index contributed by atoms with van der Waals surface area (Å²) in [7, 11) is 0. The number of aryl methyl sites for hydroxylation is 1. The van der Waals surface area contributed by atoms with E-state index in [1.165, 1.54) is 5.56 Å². The van der Waals surface area contributed by atoms with Crippen molar-refractivity contribution in [2.24, 2.45) is 0 Å².